The van der Waals surface area contributed by atoms with Crippen molar-refractivity contribution in [3.8, 4) is 0 Å². The Morgan fingerprint density at radius 3 is 2.89 bits per heavy atom. The molecular weight excluding hydrogens is 352 g/mol. The average molecular weight is 378 g/mol. The molecule has 0 bridgehead atoms. The van der Waals surface area contributed by atoms with Gasteiger partial charge in [0.15, 0.2) is 0 Å². The van der Waals surface area contributed by atoms with Crippen LogP contribution < -0.4 is 0 Å². The topological polar surface area (TPSA) is 67.2 Å². The van der Waals surface area contributed by atoms with E-state index in [2.05, 4.69) is 38.5 Å². The quantitative estimate of drug-likeness (QED) is 0.682. The van der Waals surface area contributed by atoms with Crippen molar-refractivity contribution in [3.05, 3.63) is 54.4 Å². The van der Waals surface area contributed by atoms with Crippen LogP contribution in [0.15, 0.2) is 43.0 Å². The molecule has 1 fully saturated rings. The van der Waals surface area contributed by atoms with Crippen molar-refractivity contribution in [1.82, 2.24) is 29.3 Å². The van der Waals surface area contributed by atoms with Crippen LogP contribution >= 0.6 is 0 Å². The predicted molar refractivity (Wildman–Crippen MR) is 108 cm³/mol. The zero-order chi connectivity index (χ0) is 19.5. The zero-order valence-corrected chi connectivity index (χ0v) is 16.5. The third kappa shape index (κ3) is 3.75. The van der Waals surface area contributed by atoms with Gasteiger partial charge in [-0.05, 0) is 39.1 Å². The van der Waals surface area contributed by atoms with Gasteiger partial charge in [0.25, 0.3) is 5.91 Å². The van der Waals surface area contributed by atoms with E-state index in [1.165, 1.54) is 0 Å². The minimum absolute atomic E-state index is 0.0298. The van der Waals surface area contributed by atoms with Gasteiger partial charge < -0.3 is 14.4 Å². The number of nitrogens with zero attached hydrogens (tertiary/aromatic N) is 6. The molecular formula is C21H26N6O. The van der Waals surface area contributed by atoms with Crippen LogP contribution in [0.25, 0.3) is 11.0 Å². The van der Waals surface area contributed by atoms with Gasteiger partial charge in [-0.1, -0.05) is 6.07 Å². The second kappa shape index (κ2) is 8.06. The van der Waals surface area contributed by atoms with Crippen molar-refractivity contribution >= 4 is 16.9 Å². The van der Waals surface area contributed by atoms with Gasteiger partial charge >= 0.3 is 0 Å². The third-order valence-electron chi connectivity index (χ3n) is 5.34. The zero-order valence-electron chi connectivity index (χ0n) is 16.5. The number of likely N-dealkylation sites (tertiary alicyclic amines) is 1. The van der Waals surface area contributed by atoms with Gasteiger partial charge in [0.05, 0.1) is 11.1 Å². The fourth-order valence-corrected chi connectivity index (χ4v) is 3.89. The lowest BCUT2D eigenvalue weighted by atomic mass is 9.96. The number of rotatable bonds is 5. The Morgan fingerprint density at radius 1 is 1.18 bits per heavy atom. The maximum atomic E-state index is 13.3. The minimum atomic E-state index is 0.0298. The first kappa shape index (κ1) is 18.6. The van der Waals surface area contributed by atoms with E-state index in [1.807, 2.05) is 35.5 Å². The van der Waals surface area contributed by atoms with Gasteiger partial charge in [0, 0.05) is 56.9 Å². The minimum Gasteiger partial charge on any atom is -0.338 e. The highest BCUT2D eigenvalue weighted by Crippen LogP contribution is 2.27. The summed E-state index contributed by atoms with van der Waals surface area (Å²) in [6.45, 7) is 3.33. The summed E-state index contributed by atoms with van der Waals surface area (Å²) in [5, 5.41) is 0. The van der Waals surface area contributed by atoms with Gasteiger partial charge in [0.2, 0.25) is 0 Å². The molecule has 1 atom stereocenters. The maximum absolute atomic E-state index is 13.3. The molecule has 3 heterocycles. The summed E-state index contributed by atoms with van der Waals surface area (Å²) in [6.07, 6.45) is 9.23. The highest BCUT2D eigenvalue weighted by Gasteiger charge is 2.29. The number of hydrogen-bond donors (Lipinski definition) is 0. The van der Waals surface area contributed by atoms with Crippen LogP contribution in [-0.2, 0) is 6.54 Å². The number of para-hydroxylation sites is 1. The summed E-state index contributed by atoms with van der Waals surface area (Å²) < 4.78 is 2.22. The van der Waals surface area contributed by atoms with E-state index in [4.69, 9.17) is 0 Å². The Balaban J connectivity index is 1.54. The predicted octanol–water partition coefficient (Wildman–Crippen LogP) is 2.41. The first-order chi connectivity index (χ1) is 13.6. The van der Waals surface area contributed by atoms with Gasteiger partial charge in [-0.15, -0.1) is 0 Å². The van der Waals surface area contributed by atoms with Gasteiger partial charge in [-0.25, -0.2) is 4.98 Å². The molecule has 0 unspecified atom stereocenters. The summed E-state index contributed by atoms with van der Waals surface area (Å²) in [5.74, 6) is 1.37. The Morgan fingerprint density at radius 2 is 2.04 bits per heavy atom. The number of carbonyl (C=O) groups is 1. The number of benzene rings is 1. The molecule has 0 aliphatic carbocycles. The lowest BCUT2D eigenvalue weighted by Gasteiger charge is -2.33. The highest BCUT2D eigenvalue weighted by atomic mass is 16.2. The molecule has 2 aromatic heterocycles. The number of hydrogen-bond acceptors (Lipinski definition) is 5. The Kier molecular flexibility index (Phi) is 5.34. The molecule has 0 spiro atoms. The molecule has 1 aliphatic heterocycles. The molecule has 4 rings (SSSR count). The number of aromatic nitrogens is 4. The fourth-order valence-electron chi connectivity index (χ4n) is 3.89. The maximum Gasteiger partial charge on any atom is 0.256 e. The highest BCUT2D eigenvalue weighted by molar-refractivity contribution is 6.04. The first-order valence-electron chi connectivity index (χ1n) is 9.78. The first-order valence-corrected chi connectivity index (χ1v) is 9.78. The number of fused-ring (bicyclic) bond motifs is 1. The molecule has 0 saturated carbocycles. The summed E-state index contributed by atoms with van der Waals surface area (Å²) >= 11 is 0. The molecule has 1 saturated heterocycles. The van der Waals surface area contributed by atoms with E-state index < -0.39 is 0 Å². The van der Waals surface area contributed by atoms with Crippen LogP contribution in [0, 0.1) is 0 Å². The van der Waals surface area contributed by atoms with Crippen molar-refractivity contribution in [1.29, 1.82) is 0 Å². The molecule has 1 aliphatic rings. The van der Waals surface area contributed by atoms with Crippen molar-refractivity contribution in [2.45, 2.75) is 25.3 Å². The lowest BCUT2D eigenvalue weighted by Crippen LogP contribution is -2.40. The molecule has 0 radical (unpaired) electrons. The van der Waals surface area contributed by atoms with E-state index in [1.54, 1.807) is 12.4 Å². The fraction of sp³-hybridized carbons (Fsp3) is 0.429. The van der Waals surface area contributed by atoms with E-state index in [0.29, 0.717) is 17.6 Å². The monoisotopic (exact) mass is 378 g/mol. The average Bonchev–Trinajstić information content (AvgIpc) is 3.20. The van der Waals surface area contributed by atoms with E-state index in [9.17, 15) is 4.79 Å². The summed E-state index contributed by atoms with van der Waals surface area (Å²) in [5.41, 5.74) is 2.05. The van der Waals surface area contributed by atoms with E-state index >= 15 is 0 Å². The van der Waals surface area contributed by atoms with E-state index in [0.717, 1.165) is 43.8 Å². The standard InChI is InChI=1S/C21H26N6O/c1-25(2)13-14-26-12-10-24-20(26)16-5-4-11-27(15-16)21(28)17-6-3-7-18-19(17)23-9-8-22-18/h3,6-10,12,16H,4-5,11,13-15H2,1-2H3/t16-/m1/s1. The molecule has 1 aromatic carbocycles. The van der Waals surface area contributed by atoms with Crippen molar-refractivity contribution in [2.75, 3.05) is 33.7 Å². The molecule has 3 aromatic rings. The molecule has 7 nitrogen and oxygen atoms in total. The number of piperidine rings is 1. The van der Waals surface area contributed by atoms with Crippen molar-refractivity contribution in [2.24, 2.45) is 0 Å². The molecule has 1 amide bonds. The SMILES string of the molecule is CN(C)CCn1ccnc1[C@@H]1CCCN(C(=O)c2cccc3nccnc23)C1. The molecule has 0 N–H and O–H groups in total. The Labute approximate surface area is 165 Å². The van der Waals surface area contributed by atoms with Gasteiger partial charge in [-0.3, -0.25) is 14.8 Å². The van der Waals surface area contributed by atoms with E-state index in [-0.39, 0.29) is 11.8 Å². The Bertz CT molecular complexity index is 961. The second-order valence-corrected chi connectivity index (χ2v) is 7.60. The van der Waals surface area contributed by atoms with Crippen molar-refractivity contribution < 1.29 is 4.79 Å². The van der Waals surface area contributed by atoms with Gasteiger partial charge in [0.1, 0.15) is 11.3 Å². The largest absolute Gasteiger partial charge is 0.338 e. The van der Waals surface area contributed by atoms with Crippen LogP contribution in [0.3, 0.4) is 0 Å². The normalized spacial score (nSPS) is 17.4. The van der Waals surface area contributed by atoms with Crippen LogP contribution in [0.4, 0.5) is 0 Å². The van der Waals surface area contributed by atoms with Crippen LogP contribution in [0.2, 0.25) is 0 Å². The van der Waals surface area contributed by atoms with Gasteiger partial charge in [-0.2, -0.15) is 0 Å². The summed E-state index contributed by atoms with van der Waals surface area (Å²) in [6, 6.07) is 5.61. The number of likely N-dealkylation sites (N-methyl/N-ethyl adjacent to an activating group) is 1. The summed E-state index contributed by atoms with van der Waals surface area (Å²) in [4.78, 5) is 30.7. The van der Waals surface area contributed by atoms with Crippen molar-refractivity contribution in [3.63, 3.8) is 0 Å². The van der Waals surface area contributed by atoms with Crippen LogP contribution in [0.1, 0.15) is 34.9 Å². The molecule has 7 heteroatoms. The smallest absolute Gasteiger partial charge is 0.256 e. The lowest BCUT2D eigenvalue weighted by molar-refractivity contribution is 0.0705. The molecule has 146 valence electrons. The number of imidazole rings is 1. The molecule has 28 heavy (non-hydrogen) atoms. The van der Waals surface area contributed by atoms with Crippen LogP contribution in [0.5, 0.6) is 0 Å². The Hall–Kier alpha value is -2.80. The number of amides is 1. The number of carbonyl (C=O) groups excluding carboxylic acids is 1. The second-order valence-electron chi connectivity index (χ2n) is 7.60. The van der Waals surface area contributed by atoms with Crippen LogP contribution in [-0.4, -0.2) is 69.0 Å². The third-order valence-corrected chi connectivity index (χ3v) is 5.34. The summed E-state index contributed by atoms with van der Waals surface area (Å²) in [7, 11) is 4.15.